The van der Waals surface area contributed by atoms with Crippen LogP contribution in [0.4, 0.5) is 11.6 Å². The summed E-state index contributed by atoms with van der Waals surface area (Å²) in [6, 6.07) is 17.7. The highest BCUT2D eigenvalue weighted by Gasteiger charge is 2.01. The molecule has 104 valence electrons. The van der Waals surface area contributed by atoms with Gasteiger partial charge in [-0.05, 0) is 29.8 Å². The first-order valence-corrected chi connectivity index (χ1v) is 6.64. The average molecular weight is 277 g/mol. The van der Waals surface area contributed by atoms with Gasteiger partial charge in [-0.25, -0.2) is 9.97 Å². The maximum Gasteiger partial charge on any atom is 0.227 e. The fraction of sp³-hybridized carbons (Fsp3) is 0.0588. The highest BCUT2D eigenvalue weighted by atomic mass is 16.5. The normalized spacial score (nSPS) is 10.1. The molecular weight excluding hydrogens is 262 g/mol. The van der Waals surface area contributed by atoms with Crippen molar-refractivity contribution < 1.29 is 4.74 Å². The number of anilines is 2. The summed E-state index contributed by atoms with van der Waals surface area (Å²) in [5.74, 6) is 1.42. The molecule has 0 saturated heterocycles. The monoisotopic (exact) mass is 277 g/mol. The second-order valence-electron chi connectivity index (χ2n) is 4.51. The highest BCUT2D eigenvalue weighted by molar-refractivity contribution is 5.63. The van der Waals surface area contributed by atoms with E-state index >= 15 is 0 Å². The van der Waals surface area contributed by atoms with Crippen LogP contribution in [0.15, 0.2) is 67.0 Å². The van der Waals surface area contributed by atoms with Gasteiger partial charge in [0.25, 0.3) is 0 Å². The number of hydrogen-bond donors (Lipinski definition) is 1. The van der Waals surface area contributed by atoms with E-state index in [2.05, 4.69) is 15.3 Å². The molecule has 0 aliphatic rings. The van der Waals surface area contributed by atoms with Crippen LogP contribution in [0.2, 0.25) is 0 Å². The maximum absolute atomic E-state index is 5.15. The molecule has 3 rings (SSSR count). The number of para-hydroxylation sites is 1. The second kappa shape index (κ2) is 6.05. The number of nitrogens with zero attached hydrogens (tertiary/aromatic N) is 2. The Bertz CT molecular complexity index is 694. The number of hydrogen-bond acceptors (Lipinski definition) is 4. The zero-order valence-electron chi connectivity index (χ0n) is 11.7. The van der Waals surface area contributed by atoms with E-state index in [0.29, 0.717) is 5.95 Å². The van der Waals surface area contributed by atoms with Gasteiger partial charge in [0.1, 0.15) is 5.75 Å². The molecule has 2 aromatic carbocycles. The molecule has 0 aliphatic heterocycles. The van der Waals surface area contributed by atoms with E-state index in [1.54, 1.807) is 19.5 Å². The number of methoxy groups -OCH3 is 1. The van der Waals surface area contributed by atoms with Crippen molar-refractivity contribution in [3.8, 4) is 16.9 Å². The summed E-state index contributed by atoms with van der Waals surface area (Å²) in [6.45, 7) is 0. The molecule has 0 radical (unpaired) electrons. The van der Waals surface area contributed by atoms with Crippen molar-refractivity contribution in [2.75, 3.05) is 12.4 Å². The van der Waals surface area contributed by atoms with Gasteiger partial charge in [-0.1, -0.05) is 30.3 Å². The van der Waals surface area contributed by atoms with Gasteiger partial charge in [-0.3, -0.25) is 0 Å². The van der Waals surface area contributed by atoms with Gasteiger partial charge in [-0.2, -0.15) is 0 Å². The van der Waals surface area contributed by atoms with Crippen LogP contribution >= 0.6 is 0 Å². The Hall–Kier alpha value is -2.88. The molecule has 4 nitrogen and oxygen atoms in total. The third-order valence-corrected chi connectivity index (χ3v) is 3.11. The van der Waals surface area contributed by atoms with E-state index in [-0.39, 0.29) is 0 Å². The van der Waals surface area contributed by atoms with E-state index < -0.39 is 0 Å². The highest BCUT2D eigenvalue weighted by Crippen LogP contribution is 2.22. The van der Waals surface area contributed by atoms with Crippen molar-refractivity contribution in [1.82, 2.24) is 9.97 Å². The molecule has 0 amide bonds. The largest absolute Gasteiger partial charge is 0.497 e. The van der Waals surface area contributed by atoms with Gasteiger partial charge in [0.15, 0.2) is 0 Å². The Kier molecular flexibility index (Phi) is 3.78. The minimum atomic E-state index is 0.582. The molecule has 0 saturated carbocycles. The van der Waals surface area contributed by atoms with Crippen LogP contribution < -0.4 is 10.1 Å². The lowest BCUT2D eigenvalue weighted by Gasteiger charge is -2.06. The predicted molar refractivity (Wildman–Crippen MR) is 83.7 cm³/mol. The fourth-order valence-corrected chi connectivity index (χ4v) is 1.98. The summed E-state index contributed by atoms with van der Waals surface area (Å²) < 4.78 is 5.15. The van der Waals surface area contributed by atoms with Crippen molar-refractivity contribution in [1.29, 1.82) is 0 Å². The summed E-state index contributed by atoms with van der Waals surface area (Å²) in [4.78, 5) is 8.68. The minimum Gasteiger partial charge on any atom is -0.497 e. The SMILES string of the molecule is COc1ccc(-c2cnc(Nc3ccccc3)nc2)cc1. The lowest BCUT2D eigenvalue weighted by Crippen LogP contribution is -1.96. The first kappa shape index (κ1) is 13.1. The van der Waals surface area contributed by atoms with Crippen molar-refractivity contribution in [2.45, 2.75) is 0 Å². The number of ether oxygens (including phenoxy) is 1. The molecule has 0 atom stereocenters. The van der Waals surface area contributed by atoms with E-state index in [1.165, 1.54) is 0 Å². The number of aromatic nitrogens is 2. The molecule has 1 aromatic heterocycles. The molecule has 3 aromatic rings. The van der Waals surface area contributed by atoms with Crippen molar-refractivity contribution in [3.05, 3.63) is 67.0 Å². The van der Waals surface area contributed by atoms with Gasteiger partial charge < -0.3 is 10.1 Å². The van der Waals surface area contributed by atoms with Crippen LogP contribution in [0.25, 0.3) is 11.1 Å². The fourth-order valence-electron chi connectivity index (χ4n) is 1.98. The van der Waals surface area contributed by atoms with E-state index in [9.17, 15) is 0 Å². The van der Waals surface area contributed by atoms with Crippen molar-refractivity contribution in [3.63, 3.8) is 0 Å². The molecular formula is C17H15N3O. The van der Waals surface area contributed by atoms with Gasteiger partial charge in [0.05, 0.1) is 7.11 Å². The van der Waals surface area contributed by atoms with Gasteiger partial charge in [0, 0.05) is 23.6 Å². The Labute approximate surface area is 123 Å². The van der Waals surface area contributed by atoms with Crippen LogP contribution in [0.5, 0.6) is 5.75 Å². The molecule has 0 aliphatic carbocycles. The van der Waals surface area contributed by atoms with Gasteiger partial charge in [-0.15, -0.1) is 0 Å². The molecule has 0 spiro atoms. The quantitative estimate of drug-likeness (QED) is 0.785. The Morgan fingerprint density at radius 1 is 0.810 bits per heavy atom. The Balaban J connectivity index is 1.77. The minimum absolute atomic E-state index is 0.582. The van der Waals surface area contributed by atoms with Crippen molar-refractivity contribution >= 4 is 11.6 Å². The Morgan fingerprint density at radius 3 is 2.10 bits per heavy atom. The van der Waals surface area contributed by atoms with Crippen LogP contribution in [0, 0.1) is 0 Å². The second-order valence-corrected chi connectivity index (χ2v) is 4.51. The zero-order chi connectivity index (χ0) is 14.5. The molecule has 0 bridgehead atoms. The number of benzene rings is 2. The first-order chi connectivity index (χ1) is 10.3. The van der Waals surface area contributed by atoms with Crippen LogP contribution in [0.3, 0.4) is 0 Å². The molecule has 21 heavy (non-hydrogen) atoms. The molecule has 1 heterocycles. The smallest absolute Gasteiger partial charge is 0.227 e. The summed E-state index contributed by atoms with van der Waals surface area (Å²) in [7, 11) is 1.65. The maximum atomic E-state index is 5.15. The topological polar surface area (TPSA) is 47.0 Å². The van der Waals surface area contributed by atoms with Gasteiger partial charge in [0.2, 0.25) is 5.95 Å². The summed E-state index contributed by atoms with van der Waals surface area (Å²) in [5, 5.41) is 3.16. The van der Waals surface area contributed by atoms with Crippen LogP contribution in [0.1, 0.15) is 0 Å². The lowest BCUT2D eigenvalue weighted by molar-refractivity contribution is 0.415. The number of rotatable bonds is 4. The van der Waals surface area contributed by atoms with E-state index in [0.717, 1.165) is 22.6 Å². The summed E-state index contributed by atoms with van der Waals surface area (Å²) >= 11 is 0. The summed E-state index contributed by atoms with van der Waals surface area (Å²) in [5.41, 5.74) is 2.99. The molecule has 0 unspecified atom stereocenters. The third-order valence-electron chi connectivity index (χ3n) is 3.11. The van der Waals surface area contributed by atoms with Crippen LogP contribution in [-0.4, -0.2) is 17.1 Å². The molecule has 1 N–H and O–H groups in total. The molecule has 0 fully saturated rings. The van der Waals surface area contributed by atoms with Crippen molar-refractivity contribution in [2.24, 2.45) is 0 Å². The first-order valence-electron chi connectivity index (χ1n) is 6.64. The van der Waals surface area contributed by atoms with E-state index in [4.69, 9.17) is 4.74 Å². The molecule has 4 heteroatoms. The number of nitrogens with one attached hydrogen (secondary N) is 1. The lowest BCUT2D eigenvalue weighted by atomic mass is 10.1. The zero-order valence-corrected chi connectivity index (χ0v) is 11.7. The average Bonchev–Trinajstić information content (AvgIpc) is 2.57. The third kappa shape index (κ3) is 3.17. The van der Waals surface area contributed by atoms with Gasteiger partial charge >= 0.3 is 0 Å². The summed E-state index contributed by atoms with van der Waals surface area (Å²) in [6.07, 6.45) is 3.61. The Morgan fingerprint density at radius 2 is 1.48 bits per heavy atom. The standard InChI is InChI=1S/C17H15N3O/c1-21-16-9-7-13(8-10-16)14-11-18-17(19-12-14)20-15-5-3-2-4-6-15/h2-12H,1H3,(H,18,19,20). The van der Waals surface area contributed by atoms with E-state index in [1.807, 2.05) is 54.6 Å². The van der Waals surface area contributed by atoms with Crippen LogP contribution in [-0.2, 0) is 0 Å². The predicted octanol–water partition coefficient (Wildman–Crippen LogP) is 3.90.